The largest absolute Gasteiger partial charge is 0.383 e. The lowest BCUT2D eigenvalue weighted by Crippen LogP contribution is -2.30. The molecule has 0 spiro atoms. The van der Waals surface area contributed by atoms with Gasteiger partial charge in [-0.25, -0.2) is 19.9 Å². The van der Waals surface area contributed by atoms with Crippen LogP contribution in [0, 0.1) is 0 Å². The third-order valence-corrected chi connectivity index (χ3v) is 9.83. The number of anilines is 2. The zero-order valence-corrected chi connectivity index (χ0v) is 24.0. The first kappa shape index (κ1) is 25.7. The van der Waals surface area contributed by atoms with Crippen molar-refractivity contribution in [2.75, 3.05) is 23.7 Å². The maximum absolute atomic E-state index is 14.1. The predicted octanol–water partition coefficient (Wildman–Crippen LogP) is 5.44. The van der Waals surface area contributed by atoms with E-state index in [9.17, 15) is 4.79 Å². The smallest absolute Gasteiger partial charge is 0.261 e. The van der Waals surface area contributed by atoms with Gasteiger partial charge in [-0.1, -0.05) is 12.1 Å². The molecule has 10 heteroatoms. The number of fused-ring (bicyclic) bond motifs is 4. The molecule has 9 nitrogen and oxygen atoms in total. The number of hydrogen-bond donors (Lipinski definition) is 2. The van der Waals surface area contributed by atoms with E-state index in [1.54, 1.807) is 28.6 Å². The molecular weight excluding hydrogens is 546 g/mol. The molecule has 0 atom stereocenters. The Bertz CT molecular complexity index is 1830. The Kier molecular flexibility index (Phi) is 6.35. The Balaban J connectivity index is 1.16. The van der Waals surface area contributed by atoms with Crippen molar-refractivity contribution in [1.29, 1.82) is 0 Å². The predicted molar refractivity (Wildman–Crippen MR) is 164 cm³/mol. The van der Waals surface area contributed by atoms with E-state index in [-0.39, 0.29) is 5.91 Å². The highest BCUT2D eigenvalue weighted by Gasteiger charge is 2.28. The highest BCUT2D eigenvalue weighted by atomic mass is 32.1. The second-order valence-electron chi connectivity index (χ2n) is 11.5. The van der Waals surface area contributed by atoms with Crippen LogP contribution >= 0.6 is 11.3 Å². The number of rotatable bonds is 6. The number of amides is 1. The Morgan fingerprint density at radius 2 is 1.76 bits per heavy atom. The Hall–Kier alpha value is -3.99. The van der Waals surface area contributed by atoms with Crippen LogP contribution in [0.2, 0.25) is 0 Å². The molecule has 1 amide bonds. The van der Waals surface area contributed by atoms with Gasteiger partial charge in [0.1, 0.15) is 11.6 Å². The summed E-state index contributed by atoms with van der Waals surface area (Å²) in [5.41, 5.74) is 12.3. The topological polar surface area (TPSA) is 119 Å². The molecule has 0 radical (unpaired) electrons. The number of nitrogens with zero attached hydrogens (tertiary/aromatic N) is 5. The zero-order valence-electron chi connectivity index (χ0n) is 23.2. The van der Waals surface area contributed by atoms with E-state index >= 15 is 0 Å². The van der Waals surface area contributed by atoms with E-state index < -0.39 is 0 Å². The van der Waals surface area contributed by atoms with Gasteiger partial charge >= 0.3 is 0 Å². The van der Waals surface area contributed by atoms with Crippen LogP contribution in [0.3, 0.4) is 0 Å². The van der Waals surface area contributed by atoms with E-state index in [0.29, 0.717) is 43.0 Å². The van der Waals surface area contributed by atoms with Crippen LogP contribution in [0.15, 0.2) is 48.8 Å². The fourth-order valence-corrected chi connectivity index (χ4v) is 7.20. The molecular formula is C32H31N7O2S. The molecule has 0 bridgehead atoms. The first-order valence-electron chi connectivity index (χ1n) is 14.6. The molecule has 3 N–H and O–H groups in total. The summed E-state index contributed by atoms with van der Waals surface area (Å²) in [6.45, 7) is 3.43. The summed E-state index contributed by atoms with van der Waals surface area (Å²) >= 11 is 1.76. The normalized spacial score (nSPS) is 17.1. The summed E-state index contributed by atoms with van der Waals surface area (Å²) < 4.78 is 6.78. The summed E-state index contributed by atoms with van der Waals surface area (Å²) in [6, 6.07) is 12.3. The standard InChI is InChI=1S/C32H31N7O2S/c33-29-25-17-41-16-24(25)23-5-1-18(11-26(23)37-29)15-39(32(40)21-13-35-30(36-14-21)19-2-3-19)22-4-6-28-27(12-22)38-31(42-28)20-7-9-34-10-8-20/h1,4-6,11-14,19-20,34H,2-3,7-10,15-17H2,(H2,33,37). The van der Waals surface area contributed by atoms with Crippen molar-refractivity contribution in [2.45, 2.75) is 57.3 Å². The average Bonchev–Trinajstić information content (AvgIpc) is 3.59. The minimum Gasteiger partial charge on any atom is -0.383 e. The lowest BCUT2D eigenvalue weighted by Gasteiger charge is -2.23. The van der Waals surface area contributed by atoms with Gasteiger partial charge in [-0.2, -0.15) is 0 Å². The van der Waals surface area contributed by atoms with Gasteiger partial charge < -0.3 is 20.7 Å². The van der Waals surface area contributed by atoms with Crippen LogP contribution in [0.1, 0.15) is 75.4 Å². The number of carbonyl (C=O) groups excluding carboxylic acids is 1. The average molecular weight is 578 g/mol. The molecule has 2 aliphatic heterocycles. The number of benzene rings is 2. The SMILES string of the molecule is Nc1nc2cc(CN(C(=O)c3cnc(C4CC4)nc3)c3ccc4sc(C5CCNCC5)nc4c3)ccc2c2c1COC2. The number of pyridine rings is 1. The number of nitrogen functional groups attached to an aromatic ring is 1. The summed E-state index contributed by atoms with van der Waals surface area (Å²) in [7, 11) is 0. The summed E-state index contributed by atoms with van der Waals surface area (Å²) in [6.07, 6.45) is 7.76. The van der Waals surface area contributed by atoms with Crippen molar-refractivity contribution >= 4 is 49.9 Å². The Morgan fingerprint density at radius 3 is 2.57 bits per heavy atom. The Morgan fingerprint density at radius 1 is 0.952 bits per heavy atom. The number of nitrogens with one attached hydrogen (secondary N) is 1. The molecule has 1 aliphatic carbocycles. The monoisotopic (exact) mass is 577 g/mol. The van der Waals surface area contributed by atoms with Crippen LogP contribution < -0.4 is 16.0 Å². The number of aromatic nitrogens is 4. The van der Waals surface area contributed by atoms with E-state index in [0.717, 1.165) is 88.1 Å². The van der Waals surface area contributed by atoms with Crippen LogP contribution in [0.4, 0.5) is 11.5 Å². The maximum atomic E-state index is 14.1. The number of ether oxygens (including phenoxy) is 1. The number of nitrogens with two attached hydrogens (primary N) is 1. The van der Waals surface area contributed by atoms with Gasteiger partial charge in [0, 0.05) is 40.9 Å². The molecule has 42 heavy (non-hydrogen) atoms. The van der Waals surface area contributed by atoms with Gasteiger partial charge in [-0.05, 0) is 74.2 Å². The number of carbonyl (C=O) groups is 1. The van der Waals surface area contributed by atoms with Crippen molar-refractivity contribution in [3.05, 3.63) is 81.9 Å². The Labute approximate surface area is 247 Å². The molecule has 0 unspecified atom stereocenters. The number of piperidine rings is 1. The molecule has 212 valence electrons. The van der Waals surface area contributed by atoms with Gasteiger partial charge in [0.15, 0.2) is 0 Å². The molecule has 5 heterocycles. The van der Waals surface area contributed by atoms with Gasteiger partial charge in [0.2, 0.25) is 0 Å². The molecule has 2 fully saturated rings. The first-order valence-corrected chi connectivity index (χ1v) is 15.4. The fourth-order valence-electron chi connectivity index (χ4n) is 6.08. The van der Waals surface area contributed by atoms with E-state index in [1.165, 1.54) is 5.01 Å². The van der Waals surface area contributed by atoms with Crippen molar-refractivity contribution in [1.82, 2.24) is 25.3 Å². The van der Waals surface area contributed by atoms with Crippen molar-refractivity contribution in [3.8, 4) is 0 Å². The van der Waals surface area contributed by atoms with Gasteiger partial charge in [0.25, 0.3) is 5.91 Å². The molecule has 1 saturated carbocycles. The molecule has 2 aromatic carbocycles. The summed E-state index contributed by atoms with van der Waals surface area (Å²) in [5, 5.41) is 5.66. The van der Waals surface area contributed by atoms with Crippen molar-refractivity contribution in [3.63, 3.8) is 0 Å². The van der Waals surface area contributed by atoms with Crippen LogP contribution in [0.25, 0.3) is 21.1 Å². The van der Waals surface area contributed by atoms with Crippen molar-refractivity contribution in [2.24, 2.45) is 0 Å². The minimum absolute atomic E-state index is 0.152. The highest BCUT2D eigenvalue weighted by Crippen LogP contribution is 2.38. The second-order valence-corrected chi connectivity index (χ2v) is 12.6. The maximum Gasteiger partial charge on any atom is 0.261 e. The van der Waals surface area contributed by atoms with Crippen LogP contribution in [-0.4, -0.2) is 38.9 Å². The van der Waals surface area contributed by atoms with Gasteiger partial charge in [0.05, 0.1) is 46.1 Å². The number of hydrogen-bond acceptors (Lipinski definition) is 9. The van der Waals surface area contributed by atoms with Crippen molar-refractivity contribution < 1.29 is 9.53 Å². The molecule has 1 saturated heterocycles. The summed E-state index contributed by atoms with van der Waals surface area (Å²) in [5.74, 6) is 2.08. The quantitative estimate of drug-likeness (QED) is 0.274. The lowest BCUT2D eigenvalue weighted by atomic mass is 9.99. The van der Waals surface area contributed by atoms with E-state index in [4.69, 9.17) is 15.5 Å². The molecule has 3 aromatic heterocycles. The zero-order chi connectivity index (χ0) is 28.2. The van der Waals surface area contributed by atoms with Crippen LogP contribution in [-0.2, 0) is 24.5 Å². The lowest BCUT2D eigenvalue weighted by molar-refractivity contribution is 0.0984. The van der Waals surface area contributed by atoms with E-state index in [1.807, 2.05) is 18.2 Å². The fraction of sp³-hybridized carbons (Fsp3) is 0.344. The molecule has 8 rings (SSSR count). The molecule has 3 aliphatic rings. The van der Waals surface area contributed by atoms with E-state index in [2.05, 4.69) is 38.5 Å². The van der Waals surface area contributed by atoms with Gasteiger partial charge in [-0.3, -0.25) is 4.79 Å². The third kappa shape index (κ3) is 4.69. The molecule has 5 aromatic rings. The highest BCUT2D eigenvalue weighted by molar-refractivity contribution is 7.18. The van der Waals surface area contributed by atoms with Gasteiger partial charge in [-0.15, -0.1) is 11.3 Å². The van der Waals surface area contributed by atoms with Crippen LogP contribution in [0.5, 0.6) is 0 Å². The minimum atomic E-state index is -0.152. The number of thiazole rings is 1. The second kappa shape index (κ2) is 10.4. The third-order valence-electron chi connectivity index (χ3n) is 8.63. The summed E-state index contributed by atoms with van der Waals surface area (Å²) in [4.78, 5) is 34.6. The first-order chi connectivity index (χ1) is 20.6.